The van der Waals surface area contributed by atoms with E-state index < -0.39 is 6.10 Å². The number of pyridine rings is 2. The van der Waals surface area contributed by atoms with E-state index in [1.165, 1.54) is 0 Å². The summed E-state index contributed by atoms with van der Waals surface area (Å²) in [6, 6.07) is 15.5. The first kappa shape index (κ1) is 13.2. The Bertz CT molecular complexity index is 731. The monoisotopic (exact) mass is 328 g/mol. The normalized spacial score (nSPS) is 12.5. The van der Waals surface area contributed by atoms with Gasteiger partial charge in [-0.2, -0.15) is 0 Å². The minimum absolute atomic E-state index is 0.449. The van der Waals surface area contributed by atoms with Gasteiger partial charge in [0.25, 0.3) is 0 Å². The number of aromatic nitrogens is 2. The number of rotatable bonds is 3. The Morgan fingerprint density at radius 1 is 1.10 bits per heavy atom. The summed E-state index contributed by atoms with van der Waals surface area (Å²) < 4.78 is 0.819. The maximum Gasteiger partial charge on any atom is 0.103 e. The fraction of sp³-hybridized carbons (Fsp3) is 0.125. The highest BCUT2D eigenvalue weighted by Gasteiger charge is 2.15. The van der Waals surface area contributed by atoms with Crippen molar-refractivity contribution in [3.63, 3.8) is 0 Å². The Labute approximate surface area is 125 Å². The molecule has 0 aliphatic rings. The van der Waals surface area contributed by atoms with Crippen molar-refractivity contribution in [1.82, 2.24) is 9.97 Å². The molecule has 20 heavy (non-hydrogen) atoms. The predicted molar refractivity (Wildman–Crippen MR) is 82.3 cm³/mol. The number of benzene rings is 1. The molecule has 2 aromatic heterocycles. The van der Waals surface area contributed by atoms with Crippen molar-refractivity contribution < 1.29 is 5.11 Å². The molecule has 100 valence electrons. The predicted octanol–water partition coefficient (Wildman–Crippen LogP) is 3.67. The van der Waals surface area contributed by atoms with Crippen LogP contribution in [0.5, 0.6) is 0 Å². The summed E-state index contributed by atoms with van der Waals surface area (Å²) in [5.41, 5.74) is 2.38. The van der Waals surface area contributed by atoms with E-state index in [1.807, 2.05) is 48.5 Å². The Morgan fingerprint density at radius 3 is 2.70 bits per heavy atom. The van der Waals surface area contributed by atoms with Crippen molar-refractivity contribution in [2.45, 2.75) is 12.5 Å². The average molecular weight is 329 g/mol. The molecule has 1 aromatic carbocycles. The first-order valence-electron chi connectivity index (χ1n) is 6.37. The molecular weight excluding hydrogens is 316 g/mol. The van der Waals surface area contributed by atoms with Crippen LogP contribution in [0.15, 0.2) is 59.2 Å². The molecule has 0 amide bonds. The number of hydrogen-bond acceptors (Lipinski definition) is 3. The van der Waals surface area contributed by atoms with Crippen LogP contribution >= 0.6 is 15.9 Å². The molecule has 0 spiro atoms. The molecule has 1 atom stereocenters. The van der Waals surface area contributed by atoms with Gasteiger partial charge < -0.3 is 5.11 Å². The maximum absolute atomic E-state index is 10.4. The van der Waals surface area contributed by atoms with Gasteiger partial charge in [0, 0.05) is 28.2 Å². The first-order chi connectivity index (χ1) is 9.74. The Kier molecular flexibility index (Phi) is 3.76. The number of nitrogens with zero attached hydrogens (tertiary/aromatic N) is 2. The second kappa shape index (κ2) is 5.69. The second-order valence-electron chi connectivity index (χ2n) is 4.59. The molecule has 0 fully saturated rings. The Balaban J connectivity index is 1.95. The van der Waals surface area contributed by atoms with Gasteiger partial charge in [-0.1, -0.05) is 24.3 Å². The first-order valence-corrected chi connectivity index (χ1v) is 7.16. The van der Waals surface area contributed by atoms with Gasteiger partial charge in [-0.15, -0.1) is 0 Å². The lowest BCUT2D eigenvalue weighted by Crippen LogP contribution is -2.06. The van der Waals surface area contributed by atoms with Crippen LogP contribution < -0.4 is 0 Å². The molecule has 1 N–H and O–H groups in total. The van der Waals surface area contributed by atoms with Crippen LogP contribution in [0.1, 0.15) is 17.5 Å². The molecule has 0 bridgehead atoms. The Morgan fingerprint density at radius 2 is 1.90 bits per heavy atom. The van der Waals surface area contributed by atoms with E-state index in [0.29, 0.717) is 12.1 Å². The summed E-state index contributed by atoms with van der Waals surface area (Å²) in [4.78, 5) is 8.78. The zero-order chi connectivity index (χ0) is 13.9. The third-order valence-electron chi connectivity index (χ3n) is 3.15. The number of fused-ring (bicyclic) bond motifs is 1. The van der Waals surface area contributed by atoms with Crippen LogP contribution in [0.25, 0.3) is 10.9 Å². The third kappa shape index (κ3) is 2.71. The molecule has 0 saturated heterocycles. The number of para-hydroxylation sites is 1. The zero-order valence-corrected chi connectivity index (χ0v) is 12.3. The van der Waals surface area contributed by atoms with Crippen LogP contribution in [0.2, 0.25) is 0 Å². The molecule has 2 heterocycles. The van der Waals surface area contributed by atoms with Gasteiger partial charge in [0.1, 0.15) is 6.10 Å². The molecule has 4 heteroatoms. The van der Waals surface area contributed by atoms with E-state index in [9.17, 15) is 5.11 Å². The maximum atomic E-state index is 10.4. The average Bonchev–Trinajstić information content (AvgIpc) is 2.47. The van der Waals surface area contributed by atoms with Crippen LogP contribution in [0, 0.1) is 0 Å². The van der Waals surface area contributed by atoms with E-state index in [2.05, 4.69) is 25.9 Å². The molecule has 3 nitrogen and oxygen atoms in total. The topological polar surface area (TPSA) is 46.0 Å². The highest BCUT2D eigenvalue weighted by molar-refractivity contribution is 9.10. The molecule has 0 saturated carbocycles. The van der Waals surface area contributed by atoms with E-state index in [4.69, 9.17) is 0 Å². The molecular formula is C16H13BrN2O. The van der Waals surface area contributed by atoms with E-state index in [0.717, 1.165) is 21.1 Å². The fourth-order valence-electron chi connectivity index (χ4n) is 2.15. The smallest absolute Gasteiger partial charge is 0.103 e. The molecule has 0 radical (unpaired) electrons. The largest absolute Gasteiger partial charge is 0.386 e. The molecule has 0 aliphatic heterocycles. The van der Waals surface area contributed by atoms with Crippen molar-refractivity contribution in [1.29, 1.82) is 0 Å². The van der Waals surface area contributed by atoms with Crippen molar-refractivity contribution in [2.75, 3.05) is 0 Å². The lowest BCUT2D eigenvalue weighted by atomic mass is 10.1. The summed E-state index contributed by atoms with van der Waals surface area (Å²) in [7, 11) is 0. The quantitative estimate of drug-likeness (QED) is 0.797. The van der Waals surface area contributed by atoms with Gasteiger partial charge >= 0.3 is 0 Å². The van der Waals surface area contributed by atoms with Crippen molar-refractivity contribution >= 4 is 26.8 Å². The van der Waals surface area contributed by atoms with Crippen LogP contribution in [-0.4, -0.2) is 15.1 Å². The van der Waals surface area contributed by atoms with Gasteiger partial charge in [-0.05, 0) is 40.2 Å². The van der Waals surface area contributed by atoms with Crippen LogP contribution in [0.4, 0.5) is 0 Å². The van der Waals surface area contributed by atoms with Crippen molar-refractivity contribution in [3.8, 4) is 0 Å². The van der Waals surface area contributed by atoms with Crippen LogP contribution in [-0.2, 0) is 6.42 Å². The van der Waals surface area contributed by atoms with E-state index in [-0.39, 0.29) is 0 Å². The number of halogens is 1. The highest BCUT2D eigenvalue weighted by Crippen LogP contribution is 2.27. The number of aliphatic hydroxyl groups is 1. The minimum Gasteiger partial charge on any atom is -0.386 e. The summed E-state index contributed by atoms with van der Waals surface area (Å²) >= 11 is 3.49. The van der Waals surface area contributed by atoms with Gasteiger partial charge in [-0.25, -0.2) is 4.98 Å². The fourth-order valence-corrected chi connectivity index (χ4v) is 2.75. The standard InChI is InChI=1S/C16H13BrN2O/c17-13-9-11-5-1-2-7-14(11)19-16(13)15(20)10-12-6-3-4-8-18-12/h1-9,15,20H,10H2. The lowest BCUT2D eigenvalue weighted by molar-refractivity contribution is 0.172. The summed E-state index contributed by atoms with van der Waals surface area (Å²) in [5, 5.41) is 11.4. The number of hydrogen-bond donors (Lipinski definition) is 1. The molecule has 0 aliphatic carbocycles. The third-order valence-corrected chi connectivity index (χ3v) is 3.78. The minimum atomic E-state index is -0.677. The lowest BCUT2D eigenvalue weighted by Gasteiger charge is -2.12. The van der Waals surface area contributed by atoms with Gasteiger partial charge in [-0.3, -0.25) is 4.98 Å². The Hall–Kier alpha value is -1.78. The van der Waals surface area contributed by atoms with Crippen LogP contribution in [0.3, 0.4) is 0 Å². The van der Waals surface area contributed by atoms with Crippen molar-refractivity contribution in [3.05, 3.63) is 70.6 Å². The SMILES string of the molecule is OC(Cc1ccccn1)c1nc2ccccc2cc1Br. The zero-order valence-electron chi connectivity index (χ0n) is 10.7. The highest BCUT2D eigenvalue weighted by atomic mass is 79.9. The molecule has 3 rings (SSSR count). The summed E-state index contributed by atoms with van der Waals surface area (Å²) in [6.07, 6.45) is 1.50. The van der Waals surface area contributed by atoms with Gasteiger partial charge in [0.15, 0.2) is 0 Å². The second-order valence-corrected chi connectivity index (χ2v) is 5.44. The molecule has 1 unspecified atom stereocenters. The van der Waals surface area contributed by atoms with Crippen molar-refractivity contribution in [2.24, 2.45) is 0 Å². The summed E-state index contributed by atoms with van der Waals surface area (Å²) in [6.45, 7) is 0. The summed E-state index contributed by atoms with van der Waals surface area (Å²) in [5.74, 6) is 0. The van der Waals surface area contributed by atoms with Gasteiger partial charge in [0.05, 0.1) is 11.2 Å². The molecule has 3 aromatic rings. The van der Waals surface area contributed by atoms with Gasteiger partial charge in [0.2, 0.25) is 0 Å². The number of aliphatic hydroxyl groups excluding tert-OH is 1. The van der Waals surface area contributed by atoms with E-state index >= 15 is 0 Å². The van der Waals surface area contributed by atoms with E-state index in [1.54, 1.807) is 6.20 Å².